The quantitative estimate of drug-likeness (QED) is 0.638. The number of aromatic nitrogens is 2. The molecule has 0 fully saturated rings. The van der Waals surface area contributed by atoms with Crippen molar-refractivity contribution >= 4 is 22.7 Å². The van der Waals surface area contributed by atoms with Gasteiger partial charge in [-0.3, -0.25) is 0 Å². The molecular weight excluding hydrogens is 134 g/mol. The Balaban J connectivity index is 2.85. The molecule has 0 radical (unpaired) electrons. The van der Waals surface area contributed by atoms with Gasteiger partial charge in [-0.1, -0.05) is 6.08 Å². The molecule has 0 saturated carbocycles. The van der Waals surface area contributed by atoms with E-state index in [0.717, 1.165) is 0 Å². The van der Waals surface area contributed by atoms with Crippen LogP contribution in [0.2, 0.25) is 0 Å². The normalized spacial score (nSPS) is 10.8. The predicted octanol–water partition coefficient (Wildman–Crippen LogP) is 1.15. The van der Waals surface area contributed by atoms with E-state index in [4.69, 9.17) is 5.73 Å². The molecule has 1 heterocycles. The third kappa shape index (κ3) is 1.50. The van der Waals surface area contributed by atoms with Gasteiger partial charge in [0.2, 0.25) is 0 Å². The molecule has 2 N–H and O–H groups in total. The van der Waals surface area contributed by atoms with Crippen LogP contribution >= 0.6 is 11.5 Å². The Morgan fingerprint density at radius 1 is 1.67 bits per heavy atom. The Morgan fingerprint density at radius 2 is 2.44 bits per heavy atom. The monoisotopic (exact) mass is 141 g/mol. The molecule has 0 unspecified atom stereocenters. The lowest BCUT2D eigenvalue weighted by atomic mass is 10.5. The Kier molecular flexibility index (Phi) is 1.79. The van der Waals surface area contributed by atoms with Crippen molar-refractivity contribution in [2.45, 2.75) is 6.92 Å². The molecular formula is C5H7N3S. The van der Waals surface area contributed by atoms with Gasteiger partial charge in [0.25, 0.3) is 0 Å². The van der Waals surface area contributed by atoms with Crippen LogP contribution in [0.5, 0.6) is 0 Å². The van der Waals surface area contributed by atoms with E-state index in [9.17, 15) is 0 Å². The fourth-order valence-electron chi connectivity index (χ4n) is 0.464. The van der Waals surface area contributed by atoms with Crippen molar-refractivity contribution in [3.8, 4) is 0 Å². The summed E-state index contributed by atoms with van der Waals surface area (Å²) in [7, 11) is 0. The highest BCUT2D eigenvalue weighted by Gasteiger charge is 1.92. The maximum absolute atomic E-state index is 5.32. The molecule has 4 heteroatoms. The fraction of sp³-hybridized carbons (Fsp3) is 0.200. The highest BCUT2D eigenvalue weighted by molar-refractivity contribution is 7.09. The fourth-order valence-corrected chi connectivity index (χ4v) is 0.887. The summed E-state index contributed by atoms with van der Waals surface area (Å²) < 4.78 is 3.92. The molecule has 0 saturated heterocycles. The van der Waals surface area contributed by atoms with Gasteiger partial charge in [-0.15, -0.1) is 0 Å². The zero-order chi connectivity index (χ0) is 6.69. The first-order valence-corrected chi connectivity index (χ1v) is 3.32. The third-order valence-electron chi connectivity index (χ3n) is 0.773. The van der Waals surface area contributed by atoms with E-state index in [2.05, 4.69) is 9.36 Å². The van der Waals surface area contributed by atoms with Crippen LogP contribution in [0.15, 0.2) is 6.08 Å². The molecule has 0 aliphatic rings. The van der Waals surface area contributed by atoms with E-state index in [1.54, 1.807) is 0 Å². The molecule has 0 spiro atoms. The first-order valence-electron chi connectivity index (χ1n) is 2.55. The van der Waals surface area contributed by atoms with Gasteiger partial charge in [-0.2, -0.15) is 9.36 Å². The first kappa shape index (κ1) is 6.22. The number of nitrogen functional groups attached to an aromatic ring is 1. The lowest BCUT2D eigenvalue weighted by Crippen LogP contribution is -1.80. The van der Waals surface area contributed by atoms with Crippen LogP contribution in [0.3, 0.4) is 0 Å². The topological polar surface area (TPSA) is 51.8 Å². The number of nitrogens with zero attached hydrogens (tertiary/aromatic N) is 2. The largest absolute Gasteiger partial charge is 0.374 e. The molecule has 0 aromatic carbocycles. The van der Waals surface area contributed by atoms with Crippen LogP contribution in [-0.2, 0) is 0 Å². The van der Waals surface area contributed by atoms with Crippen molar-refractivity contribution in [3.63, 3.8) is 0 Å². The lowest BCUT2D eigenvalue weighted by Gasteiger charge is -1.74. The molecule has 1 aromatic heterocycles. The second-order valence-electron chi connectivity index (χ2n) is 1.49. The average molecular weight is 141 g/mol. The van der Waals surface area contributed by atoms with Gasteiger partial charge in [-0.05, 0) is 13.0 Å². The Bertz CT molecular complexity index is 216. The van der Waals surface area contributed by atoms with E-state index in [0.29, 0.717) is 11.0 Å². The van der Waals surface area contributed by atoms with Crippen LogP contribution in [0.4, 0.5) is 5.13 Å². The lowest BCUT2D eigenvalue weighted by molar-refractivity contribution is 1.29. The Labute approximate surface area is 57.4 Å². The summed E-state index contributed by atoms with van der Waals surface area (Å²) in [6.45, 7) is 1.91. The van der Waals surface area contributed by atoms with Gasteiger partial charge in [0.15, 0.2) is 11.0 Å². The minimum absolute atomic E-state index is 0.517. The van der Waals surface area contributed by atoms with Gasteiger partial charge in [0, 0.05) is 11.5 Å². The SMILES string of the molecule is C/C=C/c1nsc(N)n1. The van der Waals surface area contributed by atoms with Crippen molar-refractivity contribution < 1.29 is 0 Å². The van der Waals surface area contributed by atoms with Gasteiger partial charge in [0.1, 0.15) is 0 Å². The highest BCUT2D eigenvalue weighted by Crippen LogP contribution is 2.05. The van der Waals surface area contributed by atoms with Crippen LogP contribution in [0, 0.1) is 0 Å². The first-order chi connectivity index (χ1) is 4.33. The minimum Gasteiger partial charge on any atom is -0.374 e. The zero-order valence-electron chi connectivity index (χ0n) is 5.03. The molecule has 9 heavy (non-hydrogen) atoms. The molecule has 1 rings (SSSR count). The van der Waals surface area contributed by atoms with E-state index < -0.39 is 0 Å². The summed E-state index contributed by atoms with van der Waals surface area (Å²) in [6.07, 6.45) is 3.69. The molecule has 3 nitrogen and oxygen atoms in total. The van der Waals surface area contributed by atoms with E-state index in [1.807, 2.05) is 19.1 Å². The number of nitrogens with two attached hydrogens (primary N) is 1. The molecule has 0 atom stereocenters. The summed E-state index contributed by atoms with van der Waals surface area (Å²) >= 11 is 1.21. The van der Waals surface area contributed by atoms with E-state index in [1.165, 1.54) is 11.5 Å². The summed E-state index contributed by atoms with van der Waals surface area (Å²) in [5.74, 6) is 0.694. The Morgan fingerprint density at radius 3 is 2.89 bits per heavy atom. The second-order valence-corrected chi connectivity index (χ2v) is 2.27. The molecule has 1 aromatic rings. The summed E-state index contributed by atoms with van der Waals surface area (Å²) in [4.78, 5) is 3.90. The van der Waals surface area contributed by atoms with Gasteiger partial charge >= 0.3 is 0 Å². The zero-order valence-corrected chi connectivity index (χ0v) is 5.85. The summed E-state index contributed by atoms with van der Waals surface area (Å²) in [6, 6.07) is 0. The maximum Gasteiger partial charge on any atom is 0.200 e. The summed E-state index contributed by atoms with van der Waals surface area (Å²) in [5.41, 5.74) is 5.32. The molecule has 0 bridgehead atoms. The number of anilines is 1. The highest BCUT2D eigenvalue weighted by atomic mass is 32.1. The van der Waals surface area contributed by atoms with Crippen LogP contribution in [-0.4, -0.2) is 9.36 Å². The van der Waals surface area contributed by atoms with Gasteiger partial charge in [-0.25, -0.2) is 0 Å². The molecule has 0 amide bonds. The van der Waals surface area contributed by atoms with Crippen molar-refractivity contribution in [1.29, 1.82) is 0 Å². The smallest absolute Gasteiger partial charge is 0.200 e. The number of allylic oxidation sites excluding steroid dienone is 1. The predicted molar refractivity (Wildman–Crippen MR) is 39.0 cm³/mol. The van der Waals surface area contributed by atoms with Crippen molar-refractivity contribution in [1.82, 2.24) is 9.36 Å². The molecule has 0 aliphatic heterocycles. The van der Waals surface area contributed by atoms with E-state index >= 15 is 0 Å². The van der Waals surface area contributed by atoms with Crippen LogP contribution < -0.4 is 5.73 Å². The van der Waals surface area contributed by atoms with Gasteiger partial charge < -0.3 is 5.73 Å². The van der Waals surface area contributed by atoms with Crippen molar-refractivity contribution in [3.05, 3.63) is 11.9 Å². The number of rotatable bonds is 1. The number of hydrogen-bond donors (Lipinski definition) is 1. The third-order valence-corrected chi connectivity index (χ3v) is 1.33. The van der Waals surface area contributed by atoms with Gasteiger partial charge in [0.05, 0.1) is 0 Å². The van der Waals surface area contributed by atoms with Crippen LogP contribution in [0.1, 0.15) is 12.7 Å². The molecule has 48 valence electrons. The standard InChI is InChI=1S/C5H7N3S/c1-2-3-4-7-5(6)9-8-4/h2-3H,1H3,(H2,6,7,8)/b3-2+. The Hall–Kier alpha value is -0.900. The van der Waals surface area contributed by atoms with E-state index in [-0.39, 0.29) is 0 Å². The van der Waals surface area contributed by atoms with Crippen LogP contribution in [0.25, 0.3) is 6.08 Å². The summed E-state index contributed by atoms with van der Waals surface area (Å²) in [5, 5.41) is 0.517. The maximum atomic E-state index is 5.32. The van der Waals surface area contributed by atoms with Crippen molar-refractivity contribution in [2.75, 3.05) is 5.73 Å². The average Bonchev–Trinajstić information content (AvgIpc) is 2.17. The second kappa shape index (κ2) is 2.59. The molecule has 0 aliphatic carbocycles. The van der Waals surface area contributed by atoms with Crippen molar-refractivity contribution in [2.24, 2.45) is 0 Å². The number of hydrogen-bond acceptors (Lipinski definition) is 4. The minimum atomic E-state index is 0.517.